The van der Waals surface area contributed by atoms with Gasteiger partial charge in [-0.1, -0.05) is 134 Å². The van der Waals surface area contributed by atoms with Crippen LogP contribution in [-0.2, 0) is 0 Å². The molecule has 2 heteroatoms. The van der Waals surface area contributed by atoms with Gasteiger partial charge in [-0.3, -0.25) is 0 Å². The second-order valence-corrected chi connectivity index (χ2v) is 14.2. The number of rotatable bonds is 18. The molecule has 0 bridgehead atoms. The molecular formula is C37H66N2. The largest absolute Gasteiger partial charge is 0.322 e. The average molecular weight is 539 g/mol. The standard InChI is InChI=1S/C37H66N2/c1-7-11-13-15-17-19-25-37(26-20-18-16-14-12-8-2)33-27-29(35(5,38)9-3)21-23-31(33)32-24-22-30(28-34(32)37)36(6,39)10-4/h27-28,31,33H,7-26,38-39H2,1-6H3/t31?,33?,35-,36?/m1/s1. The molecule has 224 valence electrons. The minimum atomic E-state index is -0.183. The molecule has 0 aliphatic heterocycles. The van der Waals surface area contributed by atoms with Crippen molar-refractivity contribution >= 4 is 0 Å². The molecule has 39 heavy (non-hydrogen) atoms. The third-order valence-electron chi connectivity index (χ3n) is 11.4. The van der Waals surface area contributed by atoms with E-state index in [4.69, 9.17) is 11.5 Å². The van der Waals surface area contributed by atoms with Crippen LogP contribution in [0.4, 0.5) is 0 Å². The fraction of sp³-hybridized carbons (Fsp3) is 0.838. The molecule has 3 unspecified atom stereocenters. The lowest BCUT2D eigenvalue weighted by Crippen LogP contribution is -2.41. The van der Waals surface area contributed by atoms with Crippen LogP contribution in [0.25, 0.3) is 0 Å². The van der Waals surface area contributed by atoms with Crippen molar-refractivity contribution in [2.24, 2.45) is 28.7 Å². The predicted octanol–water partition coefficient (Wildman–Crippen LogP) is 10.7. The van der Waals surface area contributed by atoms with Crippen molar-refractivity contribution in [1.82, 2.24) is 0 Å². The second kappa shape index (κ2) is 14.9. The van der Waals surface area contributed by atoms with Gasteiger partial charge in [-0.05, 0) is 82.6 Å². The smallest absolute Gasteiger partial charge is 0.0340 e. The van der Waals surface area contributed by atoms with E-state index in [0.717, 1.165) is 25.2 Å². The Balaban J connectivity index is 1.99. The minimum absolute atomic E-state index is 0.168. The monoisotopic (exact) mass is 539 g/mol. The van der Waals surface area contributed by atoms with Crippen LogP contribution >= 0.6 is 0 Å². The summed E-state index contributed by atoms with van der Waals surface area (Å²) in [7, 11) is 0. The number of hydrogen-bond donors (Lipinski definition) is 2. The highest BCUT2D eigenvalue weighted by atomic mass is 14.7. The Morgan fingerprint density at radius 1 is 0.692 bits per heavy atom. The van der Waals surface area contributed by atoms with Crippen LogP contribution in [0.5, 0.6) is 0 Å². The molecule has 0 amide bonds. The number of nitrogens with two attached hydrogens (primary N) is 2. The first kappa shape index (κ1) is 32.7. The molecule has 0 fully saturated rings. The van der Waals surface area contributed by atoms with E-state index in [9.17, 15) is 0 Å². The van der Waals surface area contributed by atoms with E-state index in [1.54, 1.807) is 11.1 Å². The Kier molecular flexibility index (Phi) is 12.4. The molecule has 0 spiro atoms. The van der Waals surface area contributed by atoms with Crippen LogP contribution in [0, 0.1) is 17.3 Å². The summed E-state index contributed by atoms with van der Waals surface area (Å²) in [5, 5.41) is 0. The zero-order valence-electron chi connectivity index (χ0n) is 27.1. The summed E-state index contributed by atoms with van der Waals surface area (Å²) in [6, 6.07) is 0. The molecule has 0 heterocycles. The van der Waals surface area contributed by atoms with Crippen molar-refractivity contribution in [2.45, 2.75) is 181 Å². The highest BCUT2D eigenvalue weighted by Gasteiger charge is 2.53. The highest BCUT2D eigenvalue weighted by Crippen LogP contribution is 2.63. The summed E-state index contributed by atoms with van der Waals surface area (Å²) in [4.78, 5) is 0. The van der Waals surface area contributed by atoms with Gasteiger partial charge < -0.3 is 11.5 Å². The fourth-order valence-corrected chi connectivity index (χ4v) is 8.16. The molecular weight excluding hydrogens is 472 g/mol. The fourth-order valence-electron chi connectivity index (χ4n) is 8.16. The van der Waals surface area contributed by atoms with Crippen LogP contribution in [0.1, 0.15) is 170 Å². The van der Waals surface area contributed by atoms with E-state index >= 15 is 0 Å². The Morgan fingerprint density at radius 2 is 1.21 bits per heavy atom. The van der Waals surface area contributed by atoms with Gasteiger partial charge in [-0.25, -0.2) is 0 Å². The molecule has 4 N–H and O–H groups in total. The molecule has 3 aliphatic carbocycles. The summed E-state index contributed by atoms with van der Waals surface area (Å²) < 4.78 is 0. The molecule has 3 aliphatic rings. The van der Waals surface area contributed by atoms with Crippen LogP contribution in [0.3, 0.4) is 0 Å². The summed E-state index contributed by atoms with van der Waals surface area (Å²) >= 11 is 0. The summed E-state index contributed by atoms with van der Waals surface area (Å²) in [5.41, 5.74) is 20.4. The summed E-state index contributed by atoms with van der Waals surface area (Å²) in [6.45, 7) is 13.7. The molecule has 2 nitrogen and oxygen atoms in total. The van der Waals surface area contributed by atoms with E-state index < -0.39 is 0 Å². The average Bonchev–Trinajstić information content (AvgIpc) is 3.21. The van der Waals surface area contributed by atoms with Gasteiger partial charge in [0.2, 0.25) is 0 Å². The summed E-state index contributed by atoms with van der Waals surface area (Å²) in [5.74, 6) is 1.35. The number of unbranched alkanes of at least 4 members (excludes halogenated alkanes) is 10. The topological polar surface area (TPSA) is 52.0 Å². The minimum Gasteiger partial charge on any atom is -0.322 e. The van der Waals surface area contributed by atoms with E-state index in [1.807, 2.05) is 5.57 Å². The van der Waals surface area contributed by atoms with E-state index in [2.05, 4.69) is 53.7 Å². The SMILES string of the molecule is CCCCCCCCC1(CCCCCCCC)C2=C(CCC(C(C)(N)CC)=C2)C2CCC([C@](C)(N)CC)=CC21. The van der Waals surface area contributed by atoms with Crippen LogP contribution in [-0.4, -0.2) is 11.1 Å². The van der Waals surface area contributed by atoms with Crippen LogP contribution < -0.4 is 11.5 Å². The lowest BCUT2D eigenvalue weighted by molar-refractivity contribution is 0.177. The molecule has 0 aromatic rings. The normalized spacial score (nSPS) is 25.4. The predicted molar refractivity (Wildman–Crippen MR) is 173 cm³/mol. The number of fused-ring (bicyclic) bond motifs is 2. The maximum Gasteiger partial charge on any atom is 0.0340 e. The molecule has 0 saturated carbocycles. The van der Waals surface area contributed by atoms with E-state index in [-0.39, 0.29) is 16.5 Å². The second-order valence-electron chi connectivity index (χ2n) is 14.2. The van der Waals surface area contributed by atoms with Gasteiger partial charge in [0.05, 0.1) is 0 Å². The molecule has 0 aromatic carbocycles. The van der Waals surface area contributed by atoms with Crippen molar-refractivity contribution in [1.29, 1.82) is 0 Å². The first-order valence-electron chi connectivity index (χ1n) is 17.4. The molecule has 4 atom stereocenters. The van der Waals surface area contributed by atoms with Crippen LogP contribution in [0.2, 0.25) is 0 Å². The maximum atomic E-state index is 6.93. The first-order chi connectivity index (χ1) is 18.7. The Labute approximate surface area is 243 Å². The number of allylic oxidation sites excluding steroid dienone is 4. The summed E-state index contributed by atoms with van der Waals surface area (Å²) in [6.07, 6.45) is 31.6. The Bertz CT molecular complexity index is 839. The van der Waals surface area contributed by atoms with Gasteiger partial charge >= 0.3 is 0 Å². The van der Waals surface area contributed by atoms with Gasteiger partial charge in [0, 0.05) is 16.5 Å². The van der Waals surface area contributed by atoms with Crippen molar-refractivity contribution in [2.75, 3.05) is 0 Å². The van der Waals surface area contributed by atoms with E-state index in [1.165, 1.54) is 115 Å². The number of hydrogen-bond acceptors (Lipinski definition) is 2. The molecule has 0 saturated heterocycles. The zero-order valence-corrected chi connectivity index (χ0v) is 27.1. The van der Waals surface area contributed by atoms with Gasteiger partial charge in [0.25, 0.3) is 0 Å². The van der Waals surface area contributed by atoms with Crippen molar-refractivity contribution in [3.05, 3.63) is 34.4 Å². The third kappa shape index (κ3) is 7.71. The Hall–Kier alpha value is -0.860. The van der Waals surface area contributed by atoms with Crippen LogP contribution in [0.15, 0.2) is 34.4 Å². The van der Waals surface area contributed by atoms with Crippen molar-refractivity contribution in [3.63, 3.8) is 0 Å². The van der Waals surface area contributed by atoms with Gasteiger partial charge in [-0.15, -0.1) is 0 Å². The van der Waals surface area contributed by atoms with Gasteiger partial charge in [0.1, 0.15) is 0 Å². The van der Waals surface area contributed by atoms with Gasteiger partial charge in [-0.2, -0.15) is 0 Å². The molecule has 0 radical (unpaired) electrons. The first-order valence-corrected chi connectivity index (χ1v) is 17.4. The Morgan fingerprint density at radius 3 is 1.74 bits per heavy atom. The zero-order chi connectivity index (χ0) is 28.5. The molecule has 3 rings (SSSR count). The van der Waals surface area contributed by atoms with Gasteiger partial charge in [0.15, 0.2) is 0 Å². The lowest BCUT2D eigenvalue weighted by atomic mass is 9.61. The highest BCUT2D eigenvalue weighted by molar-refractivity contribution is 5.49. The lowest BCUT2D eigenvalue weighted by Gasteiger charge is -2.43. The maximum absolute atomic E-state index is 6.93. The van der Waals surface area contributed by atoms with Crippen molar-refractivity contribution in [3.8, 4) is 0 Å². The van der Waals surface area contributed by atoms with Crippen molar-refractivity contribution < 1.29 is 0 Å². The quantitative estimate of drug-likeness (QED) is 0.135. The molecule has 0 aromatic heterocycles. The van der Waals surface area contributed by atoms with E-state index in [0.29, 0.717) is 5.92 Å². The third-order valence-corrected chi connectivity index (χ3v) is 11.4.